The Morgan fingerprint density at radius 3 is 2.28 bits per heavy atom. The van der Waals surface area contributed by atoms with E-state index in [4.69, 9.17) is 18.6 Å². The molecular weight excluding hydrogens is 807 g/mol. The van der Waals surface area contributed by atoms with Crippen LogP contribution in [0.1, 0.15) is 29.5 Å². The third-order valence-electron chi connectivity index (χ3n) is 12.4. The van der Waals surface area contributed by atoms with Crippen LogP contribution in [-0.2, 0) is 45.1 Å². The van der Waals surface area contributed by atoms with Gasteiger partial charge in [-0.15, -0.1) is 0 Å². The number of amides is 1. The molecule has 9 rings (SSSR count). The molecule has 2 aliphatic heterocycles. The largest absolute Gasteiger partial charge is 0.489 e. The van der Waals surface area contributed by atoms with Crippen LogP contribution in [0.2, 0.25) is 0 Å². The molecule has 0 unspecified atom stereocenters. The van der Waals surface area contributed by atoms with Crippen LogP contribution in [0.15, 0.2) is 155 Å². The van der Waals surface area contributed by atoms with Gasteiger partial charge >= 0.3 is 11.7 Å². The van der Waals surface area contributed by atoms with Gasteiger partial charge in [-0.25, -0.2) is 4.79 Å². The Hall–Kier alpha value is -6.73. The van der Waals surface area contributed by atoms with Gasteiger partial charge in [-0.2, -0.15) is 0 Å². The Labute approximate surface area is 372 Å². The van der Waals surface area contributed by atoms with E-state index in [0.717, 1.165) is 44.5 Å². The molecule has 5 aromatic carbocycles. The maximum absolute atomic E-state index is 14.7. The molecule has 0 saturated carbocycles. The molecule has 5 atom stereocenters. The van der Waals surface area contributed by atoms with Gasteiger partial charge in [-0.05, 0) is 54.2 Å². The summed E-state index contributed by atoms with van der Waals surface area (Å²) < 4.78 is 25.5. The minimum atomic E-state index is -0.676. The second-order valence-corrected chi connectivity index (χ2v) is 16.6. The fourth-order valence-electron chi connectivity index (χ4n) is 9.13. The lowest BCUT2D eigenvalue weighted by atomic mass is 9.94. The maximum Gasteiger partial charge on any atom is 0.419 e. The number of H-pyrrole nitrogens is 1. The number of ether oxygens (including phenoxy) is 3. The minimum Gasteiger partial charge on any atom is -0.489 e. The molecule has 4 heterocycles. The monoisotopic (exact) mass is 859 g/mol. The number of nitrogens with zero attached hydrogens (tertiary/aromatic N) is 2. The van der Waals surface area contributed by atoms with E-state index in [2.05, 4.69) is 15.6 Å². The molecule has 0 spiro atoms. The van der Waals surface area contributed by atoms with Crippen molar-refractivity contribution in [2.45, 2.75) is 69.0 Å². The summed E-state index contributed by atoms with van der Waals surface area (Å²) in [6, 6.07) is 43.4. The number of esters is 1. The highest BCUT2D eigenvalue weighted by Gasteiger charge is 2.42. The van der Waals surface area contributed by atoms with E-state index in [9.17, 15) is 14.4 Å². The summed E-state index contributed by atoms with van der Waals surface area (Å²) >= 11 is 0. The first-order valence-electron chi connectivity index (χ1n) is 22.0. The number of benzene rings is 5. The summed E-state index contributed by atoms with van der Waals surface area (Å²) in [4.78, 5) is 47.0. The van der Waals surface area contributed by atoms with Crippen LogP contribution in [-0.4, -0.2) is 83.4 Å². The summed E-state index contributed by atoms with van der Waals surface area (Å²) in [7, 11) is 1.40. The van der Waals surface area contributed by atoms with Gasteiger partial charge < -0.3 is 28.5 Å². The number of hydrogen-bond acceptors (Lipinski definition) is 9. The summed E-state index contributed by atoms with van der Waals surface area (Å²) in [5.41, 5.74) is 6.52. The predicted molar refractivity (Wildman–Crippen MR) is 246 cm³/mol. The number of hydrogen-bond donors (Lipinski definition) is 3. The first kappa shape index (κ1) is 42.6. The molecule has 2 saturated heterocycles. The molecule has 2 aliphatic rings. The molecule has 2 fully saturated rings. The fourth-order valence-corrected chi connectivity index (χ4v) is 9.13. The standard InChI is InChI=1S/C52H53N5O7/c1-61-51(59)45(29-39-30-53-43-21-12-11-20-42(39)43)55-47-34-62-33-40(28-35-23-25-41(26-24-35)63-32-36-14-5-2-6-15-36)57-31-46(47)54-44(50(57)58)22-13-27-56-48(37-16-7-3-8-17-37)49(64-52(56)60)38-18-9-4-10-19-38/h2-12,14-21,23-26,30,40,44-47,53-55H,13,22,27-29,31-34H2,1H3/t40-,44+,45-,46-,47-/m0/s1. The number of nitrogens with one attached hydrogen (secondary N) is 3. The van der Waals surface area contributed by atoms with Crippen LogP contribution in [0, 0.1) is 0 Å². The Kier molecular flexibility index (Phi) is 13.1. The van der Waals surface area contributed by atoms with Crippen molar-refractivity contribution in [1.82, 2.24) is 25.1 Å². The SMILES string of the molecule is COC(=O)[C@H](Cc1c[nH]c2ccccc12)N[C@H]1COC[C@H](Cc2ccc(OCc3ccccc3)cc2)N2C[C@@H]1N[C@H](CCCn1c(-c3ccccc3)c(-c3ccccc3)oc1=O)C2=O. The van der Waals surface area contributed by atoms with Crippen LogP contribution in [0.5, 0.6) is 5.75 Å². The van der Waals surface area contributed by atoms with Gasteiger partial charge in [0.25, 0.3) is 0 Å². The molecule has 7 aromatic rings. The van der Waals surface area contributed by atoms with Gasteiger partial charge in [-0.1, -0.05) is 121 Å². The highest BCUT2D eigenvalue weighted by atomic mass is 16.5. The van der Waals surface area contributed by atoms with Crippen LogP contribution < -0.4 is 21.1 Å². The number of piperazine rings is 1. The Morgan fingerprint density at radius 1 is 0.828 bits per heavy atom. The zero-order valence-corrected chi connectivity index (χ0v) is 35.9. The van der Waals surface area contributed by atoms with Crippen molar-refractivity contribution in [2.75, 3.05) is 26.9 Å². The van der Waals surface area contributed by atoms with Crippen LogP contribution in [0.3, 0.4) is 0 Å². The highest BCUT2D eigenvalue weighted by molar-refractivity contribution is 5.85. The summed E-state index contributed by atoms with van der Waals surface area (Å²) in [5.74, 6) is 0.430. The third kappa shape index (κ3) is 9.59. The first-order valence-corrected chi connectivity index (χ1v) is 22.0. The van der Waals surface area contributed by atoms with E-state index >= 15 is 0 Å². The fraction of sp³-hybridized carbons (Fsp3) is 0.288. The van der Waals surface area contributed by atoms with Gasteiger partial charge in [0, 0.05) is 59.8 Å². The summed E-state index contributed by atoms with van der Waals surface area (Å²) in [5, 5.41) is 8.33. The lowest BCUT2D eigenvalue weighted by Gasteiger charge is -2.47. The van der Waals surface area contributed by atoms with Crippen LogP contribution in [0.4, 0.5) is 0 Å². The lowest BCUT2D eigenvalue weighted by Crippen LogP contribution is -2.70. The van der Waals surface area contributed by atoms with Crippen molar-refractivity contribution in [3.05, 3.63) is 173 Å². The van der Waals surface area contributed by atoms with Crippen molar-refractivity contribution >= 4 is 22.8 Å². The number of para-hydroxylation sites is 1. The number of carbonyl (C=O) groups excluding carboxylic acids is 2. The quantitative estimate of drug-likeness (QED) is 0.0864. The number of oxazole rings is 1. The molecule has 1 amide bonds. The summed E-state index contributed by atoms with van der Waals surface area (Å²) in [6.07, 6.45) is 3.90. The predicted octanol–water partition coefficient (Wildman–Crippen LogP) is 7.17. The number of carbonyl (C=O) groups is 2. The normalized spacial score (nSPS) is 19.2. The Balaban J connectivity index is 0.959. The second-order valence-electron chi connectivity index (χ2n) is 16.6. The number of aromatic nitrogens is 2. The van der Waals surface area contributed by atoms with E-state index in [1.807, 2.05) is 151 Å². The molecule has 3 N–H and O–H groups in total. The van der Waals surface area contributed by atoms with Crippen molar-refractivity contribution in [3.8, 4) is 28.3 Å². The molecule has 12 nitrogen and oxygen atoms in total. The van der Waals surface area contributed by atoms with Gasteiger partial charge in [0.1, 0.15) is 18.4 Å². The summed E-state index contributed by atoms with van der Waals surface area (Å²) in [6.45, 7) is 1.86. The molecule has 328 valence electrons. The van der Waals surface area contributed by atoms with E-state index < -0.39 is 17.8 Å². The molecular formula is C52H53N5O7. The number of fused-ring (bicyclic) bond motifs is 3. The van der Waals surface area contributed by atoms with Crippen LogP contribution >= 0.6 is 0 Å². The lowest BCUT2D eigenvalue weighted by molar-refractivity contribution is -0.147. The zero-order chi connectivity index (χ0) is 43.8. The maximum atomic E-state index is 14.7. The third-order valence-corrected chi connectivity index (χ3v) is 12.4. The topological polar surface area (TPSA) is 140 Å². The average molecular weight is 860 g/mol. The van der Waals surface area contributed by atoms with E-state index in [-0.39, 0.29) is 30.0 Å². The first-order chi connectivity index (χ1) is 31.4. The van der Waals surface area contributed by atoms with E-state index in [1.54, 1.807) is 4.57 Å². The van der Waals surface area contributed by atoms with Crippen molar-refractivity contribution in [2.24, 2.45) is 0 Å². The van der Waals surface area contributed by atoms with E-state index in [0.29, 0.717) is 70.0 Å². The molecule has 2 bridgehead atoms. The van der Waals surface area contributed by atoms with Gasteiger partial charge in [0.05, 0.1) is 38.1 Å². The van der Waals surface area contributed by atoms with E-state index in [1.165, 1.54) is 7.11 Å². The highest BCUT2D eigenvalue weighted by Crippen LogP contribution is 2.32. The van der Waals surface area contributed by atoms with Gasteiger partial charge in [0.15, 0.2) is 5.76 Å². The molecule has 12 heteroatoms. The number of methoxy groups -OCH3 is 1. The van der Waals surface area contributed by atoms with Crippen molar-refractivity contribution in [3.63, 3.8) is 0 Å². The molecule has 0 aliphatic carbocycles. The molecule has 64 heavy (non-hydrogen) atoms. The average Bonchev–Trinajstić information content (AvgIpc) is 3.90. The Bertz CT molecular complexity index is 2700. The van der Waals surface area contributed by atoms with Gasteiger partial charge in [-0.3, -0.25) is 24.8 Å². The molecule has 2 aromatic heterocycles. The van der Waals surface area contributed by atoms with Crippen molar-refractivity contribution < 1.29 is 28.2 Å². The second kappa shape index (κ2) is 19.8. The number of aromatic amines is 1. The minimum absolute atomic E-state index is 0.0237. The number of rotatable bonds is 16. The zero-order valence-electron chi connectivity index (χ0n) is 35.9. The van der Waals surface area contributed by atoms with Gasteiger partial charge in [0.2, 0.25) is 5.91 Å². The smallest absolute Gasteiger partial charge is 0.419 e. The van der Waals surface area contributed by atoms with Crippen molar-refractivity contribution in [1.29, 1.82) is 0 Å². The Morgan fingerprint density at radius 2 is 1.53 bits per heavy atom. The van der Waals surface area contributed by atoms with Crippen LogP contribution in [0.25, 0.3) is 33.5 Å². The molecule has 0 radical (unpaired) electrons.